The first kappa shape index (κ1) is 22.0. The summed E-state index contributed by atoms with van der Waals surface area (Å²) in [6.07, 6.45) is 3.66. The summed E-state index contributed by atoms with van der Waals surface area (Å²) in [4.78, 5) is 50.7. The largest absolute Gasteiger partial charge is 0.477 e. The molecule has 0 aromatic carbocycles. The van der Waals surface area contributed by atoms with Crippen LogP contribution in [0.1, 0.15) is 18.5 Å². The lowest BCUT2D eigenvalue weighted by molar-refractivity contribution is -0.155. The fourth-order valence-electron chi connectivity index (χ4n) is 3.47. The summed E-state index contributed by atoms with van der Waals surface area (Å²) in [5.74, 6) is -2.74. The van der Waals surface area contributed by atoms with E-state index in [2.05, 4.69) is 25.4 Å². The lowest BCUT2D eigenvalue weighted by atomic mass is 9.86. The minimum Gasteiger partial charge on any atom is -0.477 e. The van der Waals surface area contributed by atoms with Gasteiger partial charge in [0.2, 0.25) is 0 Å². The number of aliphatic carboxylic acids is 1. The van der Waals surface area contributed by atoms with Crippen molar-refractivity contribution in [2.75, 3.05) is 5.73 Å². The van der Waals surface area contributed by atoms with Crippen molar-refractivity contribution in [1.29, 1.82) is 0 Å². The van der Waals surface area contributed by atoms with Crippen molar-refractivity contribution < 1.29 is 24.7 Å². The predicted octanol–water partition coefficient (Wildman–Crippen LogP) is 0.925. The number of nitrogens with one attached hydrogen (secondary N) is 1. The van der Waals surface area contributed by atoms with Gasteiger partial charge in [-0.3, -0.25) is 14.5 Å². The van der Waals surface area contributed by atoms with Crippen LogP contribution in [0.4, 0.5) is 5.13 Å². The number of aromatic nitrogens is 3. The van der Waals surface area contributed by atoms with Gasteiger partial charge in [0, 0.05) is 11.1 Å². The summed E-state index contributed by atoms with van der Waals surface area (Å²) in [7, 11) is 0. The summed E-state index contributed by atoms with van der Waals surface area (Å²) < 4.78 is 0.0483. The molecule has 4 heterocycles. The molecule has 0 radical (unpaired) electrons. The minimum atomic E-state index is -1.26. The number of amides is 2. The topological polar surface area (TPSA) is 184 Å². The minimum absolute atomic E-state index is 0.0483. The second-order valence-corrected chi connectivity index (χ2v) is 9.36. The highest BCUT2D eigenvalue weighted by Gasteiger charge is 2.54. The van der Waals surface area contributed by atoms with Gasteiger partial charge in [-0.15, -0.1) is 0 Å². The van der Waals surface area contributed by atoms with E-state index in [-0.39, 0.29) is 20.9 Å². The van der Waals surface area contributed by atoms with E-state index in [4.69, 9.17) is 17.3 Å². The number of carbonyl (C=O) groups is 3. The van der Waals surface area contributed by atoms with Gasteiger partial charge in [0.1, 0.15) is 33.1 Å². The van der Waals surface area contributed by atoms with Crippen LogP contribution in [0.15, 0.2) is 39.4 Å². The Kier molecular flexibility index (Phi) is 5.99. The first-order chi connectivity index (χ1) is 15.3. The number of carboxylic acids is 1. The van der Waals surface area contributed by atoms with E-state index in [1.54, 1.807) is 6.07 Å². The maximum atomic E-state index is 12.8. The van der Waals surface area contributed by atoms with Gasteiger partial charge in [0.05, 0.1) is 6.04 Å². The Hall–Kier alpha value is -3.23. The quantitative estimate of drug-likeness (QED) is 0.148. The fourth-order valence-corrected chi connectivity index (χ4v) is 5.38. The molecule has 4 rings (SSSR count). The van der Waals surface area contributed by atoms with Crippen LogP contribution < -0.4 is 11.1 Å². The van der Waals surface area contributed by atoms with E-state index in [9.17, 15) is 24.7 Å². The number of allylic oxidation sites excluding steroid dienone is 1. The number of nitrogens with zero attached hydrogens (tertiary/aromatic N) is 5. The third-order valence-electron chi connectivity index (χ3n) is 4.81. The molecule has 5 N–H and O–H groups in total. The molecule has 12 nitrogen and oxygen atoms in total. The molecule has 2 aromatic heterocycles. The lowest BCUT2D eigenvalue weighted by Gasteiger charge is -2.50. The first-order valence-electron chi connectivity index (χ1n) is 9.00. The SMILES string of the molecule is Nc1nc(/C(=N/O)C(=O)N[C@@H]2C(=O)N3C(C(=O)O)=C(Sc4ccncn4)CCC23)c(Cl)s1. The van der Waals surface area contributed by atoms with Gasteiger partial charge < -0.3 is 21.4 Å². The van der Waals surface area contributed by atoms with Crippen LogP contribution in [0, 0.1) is 0 Å². The van der Waals surface area contributed by atoms with Crippen molar-refractivity contribution in [3.8, 4) is 0 Å². The molecule has 0 saturated carbocycles. The number of carbonyl (C=O) groups excluding carboxylic acids is 2. The number of thiazole rings is 1. The Bertz CT molecular complexity index is 1170. The second-order valence-electron chi connectivity index (χ2n) is 6.62. The molecule has 166 valence electrons. The van der Waals surface area contributed by atoms with E-state index < -0.39 is 35.6 Å². The van der Waals surface area contributed by atoms with Crippen molar-refractivity contribution in [2.24, 2.45) is 5.16 Å². The molecule has 1 saturated heterocycles. The van der Waals surface area contributed by atoms with Crippen LogP contribution in [0.2, 0.25) is 4.34 Å². The van der Waals surface area contributed by atoms with Gasteiger partial charge in [-0.1, -0.05) is 39.9 Å². The molecule has 2 aromatic rings. The van der Waals surface area contributed by atoms with Crippen molar-refractivity contribution in [3.05, 3.63) is 39.2 Å². The summed E-state index contributed by atoms with van der Waals surface area (Å²) in [6, 6.07) is 0.0770. The molecule has 0 aliphatic carbocycles. The van der Waals surface area contributed by atoms with E-state index >= 15 is 0 Å². The zero-order chi connectivity index (χ0) is 23.0. The van der Waals surface area contributed by atoms with Crippen LogP contribution in [-0.4, -0.2) is 65.7 Å². The van der Waals surface area contributed by atoms with Crippen molar-refractivity contribution in [1.82, 2.24) is 25.2 Å². The van der Waals surface area contributed by atoms with Crippen LogP contribution in [-0.2, 0) is 14.4 Å². The number of oxime groups is 1. The monoisotopic (exact) mass is 495 g/mol. The molecular weight excluding hydrogens is 482 g/mol. The number of nitrogens with two attached hydrogens (primary N) is 1. The number of carboxylic acid groups (broad SMARTS) is 1. The van der Waals surface area contributed by atoms with E-state index in [1.165, 1.54) is 12.5 Å². The number of β-lactam (4-membered cyclic amide) rings is 1. The van der Waals surface area contributed by atoms with Gasteiger partial charge >= 0.3 is 5.97 Å². The highest BCUT2D eigenvalue weighted by atomic mass is 35.5. The first-order valence-corrected chi connectivity index (χ1v) is 11.0. The molecule has 0 bridgehead atoms. The van der Waals surface area contributed by atoms with Crippen LogP contribution in [0.25, 0.3) is 0 Å². The second kappa shape index (κ2) is 8.72. The Balaban J connectivity index is 1.53. The molecule has 2 aliphatic rings. The number of rotatable bonds is 6. The number of hydrogen-bond donors (Lipinski definition) is 4. The van der Waals surface area contributed by atoms with Gasteiger partial charge in [-0.05, 0) is 18.9 Å². The molecule has 2 aliphatic heterocycles. The third kappa shape index (κ3) is 3.87. The highest BCUT2D eigenvalue weighted by molar-refractivity contribution is 8.03. The van der Waals surface area contributed by atoms with E-state index in [1.807, 2.05) is 0 Å². The molecule has 15 heteroatoms. The molecule has 2 amide bonds. The summed E-state index contributed by atoms with van der Waals surface area (Å²) in [5.41, 5.74) is 4.79. The smallest absolute Gasteiger partial charge is 0.353 e. The summed E-state index contributed by atoms with van der Waals surface area (Å²) in [5, 5.41) is 25.0. The van der Waals surface area contributed by atoms with Gasteiger partial charge in [-0.2, -0.15) is 0 Å². The lowest BCUT2D eigenvalue weighted by Crippen LogP contribution is -2.72. The molecule has 32 heavy (non-hydrogen) atoms. The number of halogens is 1. The Labute approximate surface area is 193 Å². The molecule has 1 fully saturated rings. The maximum absolute atomic E-state index is 12.8. The number of thioether (sulfide) groups is 1. The normalized spacial score (nSPS) is 20.6. The number of fused-ring (bicyclic) bond motifs is 1. The third-order valence-corrected chi connectivity index (χ3v) is 6.98. The summed E-state index contributed by atoms with van der Waals surface area (Å²) >= 11 is 8.01. The van der Waals surface area contributed by atoms with Gasteiger partial charge in [0.15, 0.2) is 10.8 Å². The molecular formula is C17H14ClN7O5S2. The molecule has 0 spiro atoms. The average molecular weight is 496 g/mol. The summed E-state index contributed by atoms with van der Waals surface area (Å²) in [6.45, 7) is 0. The van der Waals surface area contributed by atoms with Crippen LogP contribution in [0.5, 0.6) is 0 Å². The van der Waals surface area contributed by atoms with Crippen LogP contribution in [0.3, 0.4) is 0 Å². The zero-order valence-corrected chi connectivity index (χ0v) is 18.3. The van der Waals surface area contributed by atoms with Crippen LogP contribution >= 0.6 is 34.7 Å². The Morgan fingerprint density at radius 1 is 1.44 bits per heavy atom. The number of nitrogen functional groups attached to an aromatic ring is 1. The zero-order valence-electron chi connectivity index (χ0n) is 15.9. The van der Waals surface area contributed by atoms with E-state index in [0.29, 0.717) is 22.8 Å². The van der Waals surface area contributed by atoms with Crippen molar-refractivity contribution in [2.45, 2.75) is 30.0 Å². The average Bonchev–Trinajstić information content (AvgIpc) is 3.10. The van der Waals surface area contributed by atoms with E-state index in [0.717, 1.165) is 28.0 Å². The number of anilines is 1. The van der Waals surface area contributed by atoms with Gasteiger partial charge in [-0.25, -0.2) is 19.7 Å². The Morgan fingerprint density at radius 2 is 2.22 bits per heavy atom. The highest BCUT2D eigenvalue weighted by Crippen LogP contribution is 2.42. The maximum Gasteiger partial charge on any atom is 0.353 e. The predicted molar refractivity (Wildman–Crippen MR) is 114 cm³/mol. The molecule has 1 unspecified atom stereocenters. The van der Waals surface area contributed by atoms with Gasteiger partial charge in [0.25, 0.3) is 11.8 Å². The van der Waals surface area contributed by atoms with Crippen molar-refractivity contribution in [3.63, 3.8) is 0 Å². The molecule has 2 atom stereocenters. The fraction of sp³-hybridized carbons (Fsp3) is 0.235. The standard InChI is InChI=1S/C17H14ClN7O5S2/c18-13-10(23-17(19)32-13)11(24-30)14(26)22-9-6-1-2-7(31-8-3-4-20-5-21-8)12(16(28)29)25(6)15(9)27/h3-6,9,30H,1-2H2,(H2,19,23)(H,22,26)(H,28,29)/b24-11-/t6?,9-/m0/s1. The number of hydrogen-bond acceptors (Lipinski definition) is 11. The van der Waals surface area contributed by atoms with Crippen molar-refractivity contribution >= 4 is 63.3 Å². The Morgan fingerprint density at radius 3 is 2.81 bits per heavy atom.